The van der Waals surface area contributed by atoms with E-state index in [0.717, 1.165) is 63.3 Å². The molecule has 1 unspecified atom stereocenters. The molecule has 1 atom stereocenters. The summed E-state index contributed by atoms with van der Waals surface area (Å²) < 4.78 is 1.11. The van der Waals surface area contributed by atoms with Crippen molar-refractivity contribution in [3.05, 3.63) is 64.6 Å². The SMILES string of the molecule is O=C(NCC1CCN(c2cccc(Br)c2)C1)N1CCN(Cc2ccccc2)CC1. The zero-order chi connectivity index (χ0) is 20.1. The fourth-order valence-corrected chi connectivity index (χ4v) is 4.59. The van der Waals surface area contributed by atoms with E-state index >= 15 is 0 Å². The van der Waals surface area contributed by atoms with Gasteiger partial charge in [-0.25, -0.2) is 4.79 Å². The fourth-order valence-electron chi connectivity index (χ4n) is 4.20. The van der Waals surface area contributed by atoms with Gasteiger partial charge in [-0.3, -0.25) is 4.90 Å². The van der Waals surface area contributed by atoms with Gasteiger partial charge in [0.15, 0.2) is 0 Å². The Bertz CT molecular complexity index is 808. The molecule has 0 aliphatic carbocycles. The number of halogens is 1. The van der Waals surface area contributed by atoms with Crippen LogP contribution in [0.1, 0.15) is 12.0 Å². The maximum Gasteiger partial charge on any atom is 0.317 e. The van der Waals surface area contributed by atoms with E-state index in [-0.39, 0.29) is 6.03 Å². The number of hydrogen-bond acceptors (Lipinski definition) is 3. The fraction of sp³-hybridized carbons (Fsp3) is 0.435. The van der Waals surface area contributed by atoms with E-state index in [1.165, 1.54) is 11.3 Å². The van der Waals surface area contributed by atoms with Gasteiger partial charge in [-0.1, -0.05) is 52.3 Å². The van der Waals surface area contributed by atoms with Crippen LogP contribution in [0.2, 0.25) is 0 Å². The minimum atomic E-state index is 0.0882. The highest BCUT2D eigenvalue weighted by Crippen LogP contribution is 2.26. The molecular weight excluding hydrogens is 428 g/mol. The second-order valence-electron chi connectivity index (χ2n) is 8.02. The topological polar surface area (TPSA) is 38.8 Å². The molecule has 2 aliphatic heterocycles. The zero-order valence-electron chi connectivity index (χ0n) is 16.8. The van der Waals surface area contributed by atoms with Crippen molar-refractivity contribution in [1.82, 2.24) is 15.1 Å². The first-order chi connectivity index (χ1) is 14.2. The minimum Gasteiger partial charge on any atom is -0.371 e. The number of amides is 2. The zero-order valence-corrected chi connectivity index (χ0v) is 18.4. The molecule has 2 amide bonds. The number of piperazine rings is 1. The molecule has 0 bridgehead atoms. The number of benzene rings is 2. The van der Waals surface area contributed by atoms with E-state index in [4.69, 9.17) is 0 Å². The summed E-state index contributed by atoms with van der Waals surface area (Å²) in [5.41, 5.74) is 2.59. The summed E-state index contributed by atoms with van der Waals surface area (Å²) in [6.45, 7) is 7.24. The molecule has 0 radical (unpaired) electrons. The van der Waals surface area contributed by atoms with Gasteiger partial charge in [-0.15, -0.1) is 0 Å². The minimum absolute atomic E-state index is 0.0882. The number of nitrogens with zero attached hydrogens (tertiary/aromatic N) is 3. The highest BCUT2D eigenvalue weighted by molar-refractivity contribution is 9.10. The van der Waals surface area contributed by atoms with Crippen molar-refractivity contribution in [3.63, 3.8) is 0 Å². The van der Waals surface area contributed by atoms with E-state index < -0.39 is 0 Å². The van der Waals surface area contributed by atoms with E-state index in [1.807, 2.05) is 11.0 Å². The van der Waals surface area contributed by atoms with E-state index in [9.17, 15) is 4.79 Å². The summed E-state index contributed by atoms with van der Waals surface area (Å²) in [7, 11) is 0. The number of carbonyl (C=O) groups is 1. The molecule has 5 nitrogen and oxygen atoms in total. The molecule has 29 heavy (non-hydrogen) atoms. The summed E-state index contributed by atoms with van der Waals surface area (Å²) in [5, 5.41) is 3.17. The third kappa shape index (κ3) is 5.52. The summed E-state index contributed by atoms with van der Waals surface area (Å²) in [5.74, 6) is 0.511. The Hall–Kier alpha value is -2.05. The van der Waals surface area contributed by atoms with Crippen LogP contribution in [-0.4, -0.2) is 61.6 Å². The van der Waals surface area contributed by atoms with Crippen LogP contribution in [0, 0.1) is 5.92 Å². The maximum absolute atomic E-state index is 12.6. The monoisotopic (exact) mass is 456 g/mol. The lowest BCUT2D eigenvalue weighted by atomic mass is 10.1. The van der Waals surface area contributed by atoms with Crippen LogP contribution in [0.4, 0.5) is 10.5 Å². The molecule has 0 aromatic heterocycles. The average Bonchev–Trinajstić information content (AvgIpc) is 3.22. The lowest BCUT2D eigenvalue weighted by Crippen LogP contribution is -2.52. The number of nitrogens with one attached hydrogen (secondary N) is 1. The van der Waals surface area contributed by atoms with Gasteiger partial charge in [0.25, 0.3) is 0 Å². The average molecular weight is 457 g/mol. The first kappa shape index (κ1) is 20.2. The lowest BCUT2D eigenvalue weighted by Gasteiger charge is -2.35. The first-order valence-corrected chi connectivity index (χ1v) is 11.3. The lowest BCUT2D eigenvalue weighted by molar-refractivity contribution is 0.134. The van der Waals surface area contributed by atoms with Crippen molar-refractivity contribution in [2.24, 2.45) is 5.92 Å². The number of carbonyl (C=O) groups excluding carboxylic acids is 1. The standard InChI is InChI=1S/C23H29BrN4O/c24-21-7-4-8-22(15-21)28-10-9-20(18-28)16-25-23(29)27-13-11-26(12-14-27)17-19-5-2-1-3-6-19/h1-8,15,20H,9-14,16-18H2,(H,25,29). The van der Waals surface area contributed by atoms with Gasteiger partial charge in [0.2, 0.25) is 0 Å². The molecule has 0 saturated carbocycles. The van der Waals surface area contributed by atoms with E-state index in [2.05, 4.69) is 79.6 Å². The van der Waals surface area contributed by atoms with Gasteiger partial charge in [-0.05, 0) is 36.1 Å². The maximum atomic E-state index is 12.6. The molecule has 4 rings (SSSR count). The quantitative estimate of drug-likeness (QED) is 0.743. The summed E-state index contributed by atoms with van der Waals surface area (Å²) in [6, 6.07) is 19.1. The molecule has 2 heterocycles. The van der Waals surface area contributed by atoms with Gasteiger partial charge in [-0.2, -0.15) is 0 Å². The van der Waals surface area contributed by atoms with Crippen molar-refractivity contribution in [1.29, 1.82) is 0 Å². The number of urea groups is 1. The van der Waals surface area contributed by atoms with Crippen molar-refractivity contribution >= 4 is 27.6 Å². The van der Waals surface area contributed by atoms with Crippen LogP contribution in [0.3, 0.4) is 0 Å². The largest absolute Gasteiger partial charge is 0.371 e. The second-order valence-corrected chi connectivity index (χ2v) is 8.93. The van der Waals surface area contributed by atoms with Crippen LogP contribution in [0.5, 0.6) is 0 Å². The molecule has 2 aromatic rings. The predicted octanol–water partition coefficient (Wildman–Crippen LogP) is 3.80. The molecular formula is C23H29BrN4O. The Labute approximate surface area is 181 Å². The third-order valence-electron chi connectivity index (χ3n) is 5.91. The molecule has 154 valence electrons. The third-order valence-corrected chi connectivity index (χ3v) is 6.40. The first-order valence-electron chi connectivity index (χ1n) is 10.5. The van der Waals surface area contributed by atoms with Crippen LogP contribution in [0.15, 0.2) is 59.1 Å². The highest BCUT2D eigenvalue weighted by Gasteiger charge is 2.25. The van der Waals surface area contributed by atoms with Gasteiger partial charge < -0.3 is 15.1 Å². The number of rotatable bonds is 5. The van der Waals surface area contributed by atoms with Gasteiger partial charge in [0, 0.05) is 62.5 Å². The summed E-state index contributed by atoms with van der Waals surface area (Å²) in [4.78, 5) is 19.4. The van der Waals surface area contributed by atoms with Gasteiger partial charge in [0.05, 0.1) is 0 Å². The molecule has 2 aromatic carbocycles. The van der Waals surface area contributed by atoms with Crippen LogP contribution < -0.4 is 10.2 Å². The molecule has 2 aliphatic rings. The number of hydrogen-bond donors (Lipinski definition) is 1. The van der Waals surface area contributed by atoms with Crippen molar-refractivity contribution in [2.75, 3.05) is 50.7 Å². The summed E-state index contributed by atoms with van der Waals surface area (Å²) in [6.07, 6.45) is 1.12. The van der Waals surface area contributed by atoms with Crippen LogP contribution >= 0.6 is 15.9 Å². The van der Waals surface area contributed by atoms with Crippen molar-refractivity contribution < 1.29 is 4.79 Å². The Balaban J connectivity index is 1.18. The smallest absolute Gasteiger partial charge is 0.317 e. The van der Waals surface area contributed by atoms with Crippen LogP contribution in [0.25, 0.3) is 0 Å². The van der Waals surface area contributed by atoms with E-state index in [1.54, 1.807) is 0 Å². The number of anilines is 1. The Kier molecular flexibility index (Phi) is 6.72. The molecule has 2 fully saturated rings. The molecule has 0 spiro atoms. The predicted molar refractivity (Wildman–Crippen MR) is 121 cm³/mol. The summed E-state index contributed by atoms with van der Waals surface area (Å²) >= 11 is 3.55. The Morgan fingerprint density at radius 3 is 2.55 bits per heavy atom. The van der Waals surface area contributed by atoms with Crippen LogP contribution in [-0.2, 0) is 6.54 Å². The van der Waals surface area contributed by atoms with Gasteiger partial charge in [0.1, 0.15) is 0 Å². The Morgan fingerprint density at radius 2 is 1.79 bits per heavy atom. The Morgan fingerprint density at radius 1 is 1.00 bits per heavy atom. The molecule has 1 N–H and O–H groups in total. The van der Waals surface area contributed by atoms with E-state index in [0.29, 0.717) is 5.92 Å². The molecule has 6 heteroatoms. The highest BCUT2D eigenvalue weighted by atomic mass is 79.9. The van der Waals surface area contributed by atoms with Gasteiger partial charge >= 0.3 is 6.03 Å². The van der Waals surface area contributed by atoms with Crippen molar-refractivity contribution in [3.8, 4) is 0 Å². The molecule has 2 saturated heterocycles. The van der Waals surface area contributed by atoms with Crippen molar-refractivity contribution in [2.45, 2.75) is 13.0 Å². The normalized spacial score (nSPS) is 20.1. The second kappa shape index (κ2) is 9.63.